The molecule has 2 heterocycles. The van der Waals surface area contributed by atoms with Crippen LogP contribution in [0, 0.1) is 0 Å². The molecule has 2 N–H and O–H groups in total. The summed E-state index contributed by atoms with van der Waals surface area (Å²) in [5.74, 6) is -2.51. The van der Waals surface area contributed by atoms with Crippen molar-refractivity contribution in [3.05, 3.63) is 77.4 Å². The van der Waals surface area contributed by atoms with Crippen LogP contribution in [0.4, 0.5) is 0 Å². The highest BCUT2D eigenvalue weighted by Gasteiger charge is 2.24. The molecule has 1 fully saturated rings. The number of carboxylic acids is 2. The molecule has 0 saturated carbocycles. The van der Waals surface area contributed by atoms with Crippen LogP contribution in [0.25, 0.3) is 5.57 Å². The van der Waals surface area contributed by atoms with Crippen molar-refractivity contribution in [1.29, 1.82) is 0 Å². The summed E-state index contributed by atoms with van der Waals surface area (Å²) >= 11 is 1.91. The summed E-state index contributed by atoms with van der Waals surface area (Å²) in [5.41, 5.74) is 6.00. The monoisotopic (exact) mass is 409 g/mol. The second kappa shape index (κ2) is 9.58. The number of hydrogen-bond donors (Lipinski definition) is 2. The fraction of sp³-hybridized carbons (Fsp3) is 0.217. The number of carboxylic acid groups (broad SMARTS) is 2. The molecular weight excluding hydrogens is 386 g/mol. The van der Waals surface area contributed by atoms with Crippen LogP contribution in [-0.2, 0) is 9.59 Å². The maximum Gasteiger partial charge on any atom is 0.328 e. The molecule has 4 rings (SSSR count). The third kappa shape index (κ3) is 5.37. The van der Waals surface area contributed by atoms with E-state index in [-0.39, 0.29) is 0 Å². The van der Waals surface area contributed by atoms with E-state index in [4.69, 9.17) is 10.2 Å². The molecule has 29 heavy (non-hydrogen) atoms. The van der Waals surface area contributed by atoms with Crippen molar-refractivity contribution in [3.63, 3.8) is 0 Å². The van der Waals surface area contributed by atoms with Gasteiger partial charge in [-0.2, -0.15) is 0 Å². The number of hydrogen-bond acceptors (Lipinski definition) is 4. The molecule has 0 atom stereocenters. The molecule has 0 unspecified atom stereocenters. The first-order valence-corrected chi connectivity index (χ1v) is 10.2. The Morgan fingerprint density at radius 2 is 1.31 bits per heavy atom. The van der Waals surface area contributed by atoms with Gasteiger partial charge in [-0.1, -0.05) is 53.7 Å². The number of benzene rings is 2. The Hall–Kier alpha value is -2.83. The summed E-state index contributed by atoms with van der Waals surface area (Å²) in [5, 5.41) is 15.6. The molecule has 5 nitrogen and oxygen atoms in total. The average Bonchev–Trinajstić information content (AvgIpc) is 2.72. The van der Waals surface area contributed by atoms with Gasteiger partial charge < -0.3 is 15.1 Å². The fourth-order valence-electron chi connectivity index (χ4n) is 3.45. The zero-order chi connectivity index (χ0) is 20.8. The molecule has 1 saturated heterocycles. The molecule has 0 aromatic heterocycles. The number of rotatable bonds is 2. The summed E-state index contributed by atoms with van der Waals surface area (Å²) < 4.78 is 0. The smallest absolute Gasteiger partial charge is 0.328 e. The van der Waals surface area contributed by atoms with Gasteiger partial charge in [0, 0.05) is 35.0 Å². The lowest BCUT2D eigenvalue weighted by molar-refractivity contribution is -0.134. The normalized spacial score (nSPS) is 15.9. The fourth-order valence-corrected chi connectivity index (χ4v) is 4.54. The molecule has 0 spiro atoms. The Kier molecular flexibility index (Phi) is 6.90. The Bertz CT molecular complexity index is 907. The molecule has 0 radical (unpaired) electrons. The Balaban J connectivity index is 0.000000258. The van der Waals surface area contributed by atoms with E-state index in [0.29, 0.717) is 12.2 Å². The molecule has 0 aliphatic carbocycles. The van der Waals surface area contributed by atoms with Crippen LogP contribution < -0.4 is 0 Å². The van der Waals surface area contributed by atoms with E-state index in [1.165, 1.54) is 52.4 Å². The maximum absolute atomic E-state index is 9.55. The van der Waals surface area contributed by atoms with E-state index in [0.717, 1.165) is 0 Å². The van der Waals surface area contributed by atoms with Crippen molar-refractivity contribution in [2.24, 2.45) is 0 Å². The van der Waals surface area contributed by atoms with E-state index < -0.39 is 11.9 Å². The lowest BCUT2D eigenvalue weighted by Gasteiger charge is -2.30. The molecule has 2 aromatic carbocycles. The third-order valence-electron chi connectivity index (χ3n) is 4.85. The van der Waals surface area contributed by atoms with E-state index in [1.807, 2.05) is 11.8 Å². The molecule has 150 valence electrons. The van der Waals surface area contributed by atoms with Crippen molar-refractivity contribution in [2.45, 2.75) is 22.6 Å². The largest absolute Gasteiger partial charge is 0.478 e. The summed E-state index contributed by atoms with van der Waals surface area (Å²) in [4.78, 5) is 24.3. The first kappa shape index (κ1) is 20.9. The number of aliphatic carboxylic acids is 2. The number of piperidine rings is 1. The topological polar surface area (TPSA) is 77.8 Å². The van der Waals surface area contributed by atoms with Crippen LogP contribution in [-0.4, -0.2) is 47.2 Å². The second-order valence-electron chi connectivity index (χ2n) is 6.89. The maximum atomic E-state index is 9.55. The third-order valence-corrected chi connectivity index (χ3v) is 6.00. The van der Waals surface area contributed by atoms with Gasteiger partial charge in [0.25, 0.3) is 0 Å². The highest BCUT2D eigenvalue weighted by atomic mass is 32.2. The second-order valence-corrected chi connectivity index (χ2v) is 7.97. The van der Waals surface area contributed by atoms with Gasteiger partial charge in [0.05, 0.1) is 0 Å². The SMILES string of the molecule is CN1CCC(=C2c3ccccc3Sc3ccccc32)CC1.O=C(O)C=CC(=O)O. The van der Waals surface area contributed by atoms with Crippen LogP contribution in [0.15, 0.2) is 76.0 Å². The molecule has 0 amide bonds. The average molecular weight is 410 g/mol. The van der Waals surface area contributed by atoms with Crippen molar-refractivity contribution < 1.29 is 19.8 Å². The van der Waals surface area contributed by atoms with Gasteiger partial charge >= 0.3 is 11.9 Å². The van der Waals surface area contributed by atoms with Crippen molar-refractivity contribution in [1.82, 2.24) is 4.90 Å². The summed E-state index contributed by atoms with van der Waals surface area (Å²) in [7, 11) is 2.22. The molecule has 2 aliphatic rings. The number of nitrogens with zero attached hydrogens (tertiary/aromatic N) is 1. The number of carbonyl (C=O) groups is 2. The molecule has 2 aromatic rings. The van der Waals surface area contributed by atoms with E-state index >= 15 is 0 Å². The van der Waals surface area contributed by atoms with Crippen molar-refractivity contribution in [2.75, 3.05) is 20.1 Å². The van der Waals surface area contributed by atoms with Crippen LogP contribution in [0.2, 0.25) is 0 Å². The van der Waals surface area contributed by atoms with Crippen molar-refractivity contribution in [3.8, 4) is 0 Å². The minimum absolute atomic E-state index is 0.558. The number of likely N-dealkylation sites (tertiary alicyclic amines) is 1. The van der Waals surface area contributed by atoms with Gasteiger partial charge in [0.15, 0.2) is 0 Å². The summed E-state index contributed by atoms with van der Waals surface area (Å²) in [6, 6.07) is 17.7. The highest BCUT2D eigenvalue weighted by Crippen LogP contribution is 2.47. The van der Waals surface area contributed by atoms with Gasteiger partial charge in [0.2, 0.25) is 0 Å². The van der Waals surface area contributed by atoms with Gasteiger partial charge in [0.1, 0.15) is 0 Å². The first-order valence-electron chi connectivity index (χ1n) is 9.37. The molecule has 0 bridgehead atoms. The van der Waals surface area contributed by atoms with Crippen molar-refractivity contribution >= 4 is 29.3 Å². The Morgan fingerprint density at radius 1 is 0.862 bits per heavy atom. The van der Waals surface area contributed by atoms with E-state index in [2.05, 4.69) is 60.5 Å². The quantitative estimate of drug-likeness (QED) is 0.611. The molecule has 2 aliphatic heterocycles. The van der Waals surface area contributed by atoms with E-state index in [9.17, 15) is 9.59 Å². The predicted octanol–water partition coefficient (Wildman–Crippen LogP) is 4.39. The van der Waals surface area contributed by atoms with Crippen LogP contribution in [0.1, 0.15) is 24.0 Å². The minimum Gasteiger partial charge on any atom is -0.478 e. The van der Waals surface area contributed by atoms with Crippen LogP contribution in [0.5, 0.6) is 0 Å². The Labute approximate surface area is 174 Å². The zero-order valence-electron chi connectivity index (χ0n) is 16.2. The standard InChI is InChI=1S/C19H19NS.C4H4O4/c1-20-12-10-14(11-13-20)19-15-6-2-4-8-17(15)21-18-9-5-3-7-16(18)19;5-3(6)1-2-4(7)8/h2-9H,10-13H2,1H3;1-2H,(H,5,6)(H,7,8). The Morgan fingerprint density at radius 3 is 1.76 bits per heavy atom. The van der Waals surface area contributed by atoms with Crippen LogP contribution >= 0.6 is 11.8 Å². The van der Waals surface area contributed by atoms with Gasteiger partial charge in [-0.15, -0.1) is 0 Å². The van der Waals surface area contributed by atoms with Gasteiger partial charge in [-0.05, 0) is 48.7 Å². The highest BCUT2D eigenvalue weighted by molar-refractivity contribution is 7.99. The lowest BCUT2D eigenvalue weighted by Crippen LogP contribution is -2.27. The summed E-state index contributed by atoms with van der Waals surface area (Å²) in [6.07, 6.45) is 3.50. The minimum atomic E-state index is -1.26. The summed E-state index contributed by atoms with van der Waals surface area (Å²) in [6.45, 7) is 2.35. The van der Waals surface area contributed by atoms with Crippen LogP contribution in [0.3, 0.4) is 0 Å². The molecular formula is C23H23NO4S. The first-order chi connectivity index (χ1) is 14.0. The zero-order valence-corrected chi connectivity index (χ0v) is 17.0. The molecule has 6 heteroatoms. The number of fused-ring (bicyclic) bond motifs is 2. The predicted molar refractivity (Wildman–Crippen MR) is 114 cm³/mol. The van der Waals surface area contributed by atoms with E-state index in [1.54, 1.807) is 5.57 Å². The van der Waals surface area contributed by atoms with Gasteiger partial charge in [-0.25, -0.2) is 9.59 Å². The van der Waals surface area contributed by atoms with Gasteiger partial charge in [-0.3, -0.25) is 0 Å². The lowest BCUT2D eigenvalue weighted by atomic mass is 9.88.